The van der Waals surface area contributed by atoms with E-state index in [-0.39, 0.29) is 5.41 Å². The van der Waals surface area contributed by atoms with Gasteiger partial charge in [0, 0.05) is 10.8 Å². The predicted molar refractivity (Wildman–Crippen MR) is 97.0 cm³/mol. The highest BCUT2D eigenvalue weighted by Gasteiger charge is 2.23. The van der Waals surface area contributed by atoms with Crippen LogP contribution in [-0.2, 0) is 12.5 Å². The minimum atomic E-state index is 0.145. The summed E-state index contributed by atoms with van der Waals surface area (Å²) in [4.78, 5) is 0. The molecule has 0 aliphatic carbocycles. The van der Waals surface area contributed by atoms with Gasteiger partial charge in [-0.05, 0) is 29.5 Å². The van der Waals surface area contributed by atoms with Crippen molar-refractivity contribution in [3.8, 4) is 0 Å². The van der Waals surface area contributed by atoms with Gasteiger partial charge in [0.1, 0.15) is 17.9 Å². The molecule has 0 spiro atoms. The van der Waals surface area contributed by atoms with Crippen LogP contribution in [0.25, 0.3) is 27.3 Å². The second kappa shape index (κ2) is 4.58. The lowest BCUT2D eigenvalue weighted by Gasteiger charge is -2.22. The van der Waals surface area contributed by atoms with Crippen molar-refractivity contribution in [3.63, 3.8) is 0 Å². The van der Waals surface area contributed by atoms with E-state index in [1.165, 1.54) is 38.4 Å². The average Bonchev–Trinajstić information content (AvgIpc) is 2.88. The Morgan fingerprint density at radius 3 is 2.43 bits per heavy atom. The molecular weight excluding hydrogens is 280 g/mol. The molecule has 2 heteroatoms. The number of rotatable bonds is 0. The molecule has 23 heavy (non-hydrogen) atoms. The summed E-state index contributed by atoms with van der Waals surface area (Å²) in [6.45, 7) is 9.14. The number of nitrogens with zero attached hydrogens (tertiary/aromatic N) is 2. The minimum absolute atomic E-state index is 0.145. The Kier molecular flexibility index (Phi) is 2.84. The third-order valence-electron chi connectivity index (χ3n) is 4.95. The fourth-order valence-corrected chi connectivity index (χ4v) is 3.92. The van der Waals surface area contributed by atoms with Gasteiger partial charge in [0.05, 0.1) is 12.4 Å². The summed E-state index contributed by atoms with van der Waals surface area (Å²) in [6.07, 6.45) is 4.31. The molecule has 0 atom stereocenters. The Hall–Kier alpha value is -2.35. The molecule has 0 bridgehead atoms. The van der Waals surface area contributed by atoms with E-state index in [9.17, 15) is 0 Å². The maximum atomic E-state index is 2.32. The van der Waals surface area contributed by atoms with Gasteiger partial charge >= 0.3 is 0 Å². The first kappa shape index (κ1) is 14.3. The Bertz CT molecular complexity index is 1060. The molecule has 4 rings (SSSR count). The second-order valence-corrected chi connectivity index (χ2v) is 7.53. The maximum absolute atomic E-state index is 2.32. The number of hydrogen-bond donors (Lipinski definition) is 0. The molecule has 0 amide bonds. The number of fused-ring (bicyclic) bond motifs is 6. The summed E-state index contributed by atoms with van der Waals surface area (Å²) >= 11 is 0. The fraction of sp³-hybridized carbons (Fsp3) is 0.286. The molecule has 2 aromatic heterocycles. The van der Waals surface area contributed by atoms with Crippen molar-refractivity contribution in [2.45, 2.75) is 33.1 Å². The zero-order chi connectivity index (χ0) is 16.4. The largest absolute Gasteiger partial charge is 0.294 e. The van der Waals surface area contributed by atoms with Crippen LogP contribution in [0, 0.1) is 6.92 Å². The molecule has 0 N–H and O–H groups in total. The van der Waals surface area contributed by atoms with Gasteiger partial charge in [-0.3, -0.25) is 0 Å². The first-order chi connectivity index (χ1) is 10.9. The number of aryl methyl sites for hydroxylation is 2. The topological polar surface area (TPSA) is 8.29 Å². The number of para-hydroxylation sites is 1. The van der Waals surface area contributed by atoms with Gasteiger partial charge in [-0.15, -0.1) is 0 Å². The summed E-state index contributed by atoms with van der Waals surface area (Å²) in [7, 11) is 2.13. The second-order valence-electron chi connectivity index (χ2n) is 7.53. The van der Waals surface area contributed by atoms with Crippen LogP contribution in [0.2, 0.25) is 0 Å². The van der Waals surface area contributed by atoms with Crippen LogP contribution in [0.3, 0.4) is 0 Å². The van der Waals surface area contributed by atoms with Crippen LogP contribution < -0.4 is 4.57 Å². The summed E-state index contributed by atoms with van der Waals surface area (Å²) in [5.74, 6) is 0. The fourth-order valence-electron chi connectivity index (χ4n) is 3.92. The first-order valence-corrected chi connectivity index (χ1v) is 8.21. The highest BCUT2D eigenvalue weighted by atomic mass is 15.1. The smallest absolute Gasteiger partial charge is 0.232 e. The Balaban J connectivity index is 2.35. The first-order valence-electron chi connectivity index (χ1n) is 8.21. The summed E-state index contributed by atoms with van der Waals surface area (Å²) < 4.78 is 4.55. The van der Waals surface area contributed by atoms with E-state index in [0.717, 1.165) is 0 Å². The number of imidazole rings is 1. The van der Waals surface area contributed by atoms with Crippen molar-refractivity contribution in [1.29, 1.82) is 0 Å². The van der Waals surface area contributed by atoms with Gasteiger partial charge in [-0.1, -0.05) is 51.1 Å². The quantitative estimate of drug-likeness (QED) is 0.329. The Labute approximate surface area is 137 Å². The van der Waals surface area contributed by atoms with Gasteiger partial charge in [-0.25, -0.2) is 4.57 Å². The molecule has 0 saturated carbocycles. The Morgan fingerprint density at radius 1 is 0.957 bits per heavy atom. The summed E-state index contributed by atoms with van der Waals surface area (Å²) in [5.41, 5.74) is 5.48. The highest BCUT2D eigenvalue weighted by molar-refractivity contribution is 6.12. The minimum Gasteiger partial charge on any atom is -0.232 e. The van der Waals surface area contributed by atoms with Crippen molar-refractivity contribution >= 4 is 27.3 Å². The summed E-state index contributed by atoms with van der Waals surface area (Å²) in [5, 5.41) is 4.02. The van der Waals surface area contributed by atoms with Gasteiger partial charge in [-0.2, -0.15) is 4.40 Å². The lowest BCUT2D eigenvalue weighted by atomic mass is 9.82. The van der Waals surface area contributed by atoms with Crippen LogP contribution in [0.5, 0.6) is 0 Å². The SMILES string of the molecule is Cc1c(C(C)(C)C)ccc2c3ccccc3n3cc[n+](C)c3c12. The van der Waals surface area contributed by atoms with E-state index >= 15 is 0 Å². The lowest BCUT2D eigenvalue weighted by molar-refractivity contribution is -0.643. The summed E-state index contributed by atoms with van der Waals surface area (Å²) in [6, 6.07) is 13.3. The molecule has 0 radical (unpaired) electrons. The monoisotopic (exact) mass is 303 g/mol. The molecule has 2 aromatic carbocycles. The Morgan fingerprint density at radius 2 is 1.70 bits per heavy atom. The number of hydrogen-bond acceptors (Lipinski definition) is 0. The average molecular weight is 303 g/mol. The number of pyridine rings is 1. The standard InChI is InChI=1S/C21H23N2/c1-14-17(21(2,3)4)11-10-16-15-8-6-7-9-18(15)23-13-12-22(5)20(23)19(14)16/h6-13H,1-5H3/q+1. The molecule has 0 saturated heterocycles. The van der Waals surface area contributed by atoms with Crippen molar-refractivity contribution in [2.75, 3.05) is 0 Å². The third-order valence-corrected chi connectivity index (χ3v) is 4.95. The molecule has 0 fully saturated rings. The van der Waals surface area contributed by atoms with Gasteiger partial charge in [0.25, 0.3) is 5.65 Å². The molecule has 2 nitrogen and oxygen atoms in total. The van der Waals surface area contributed by atoms with E-state index in [1.807, 2.05) is 0 Å². The van der Waals surface area contributed by atoms with Crippen molar-refractivity contribution in [3.05, 3.63) is 59.9 Å². The zero-order valence-corrected chi connectivity index (χ0v) is 14.5. The number of aromatic nitrogens is 2. The van der Waals surface area contributed by atoms with Crippen LogP contribution >= 0.6 is 0 Å². The van der Waals surface area contributed by atoms with E-state index in [4.69, 9.17) is 0 Å². The van der Waals surface area contributed by atoms with Crippen LogP contribution in [0.1, 0.15) is 31.9 Å². The van der Waals surface area contributed by atoms with Gasteiger partial charge in [0.2, 0.25) is 0 Å². The van der Waals surface area contributed by atoms with E-state index in [1.54, 1.807) is 0 Å². The molecule has 0 aliphatic heterocycles. The van der Waals surface area contributed by atoms with Crippen molar-refractivity contribution in [2.24, 2.45) is 7.05 Å². The zero-order valence-electron chi connectivity index (χ0n) is 14.5. The molecule has 2 heterocycles. The lowest BCUT2D eigenvalue weighted by Crippen LogP contribution is -2.26. The maximum Gasteiger partial charge on any atom is 0.294 e. The molecule has 4 aromatic rings. The number of benzene rings is 2. The van der Waals surface area contributed by atoms with Crippen molar-refractivity contribution < 1.29 is 4.57 Å². The molecular formula is C21H23N2+. The predicted octanol–water partition coefficient (Wildman–Crippen LogP) is 4.68. The van der Waals surface area contributed by atoms with Gasteiger partial charge < -0.3 is 0 Å². The molecule has 0 unspecified atom stereocenters. The van der Waals surface area contributed by atoms with E-state index in [2.05, 4.69) is 92.5 Å². The van der Waals surface area contributed by atoms with Crippen LogP contribution in [0.15, 0.2) is 48.8 Å². The molecule has 0 aliphatic rings. The van der Waals surface area contributed by atoms with Crippen LogP contribution in [0.4, 0.5) is 0 Å². The van der Waals surface area contributed by atoms with E-state index < -0.39 is 0 Å². The molecule has 116 valence electrons. The van der Waals surface area contributed by atoms with Crippen LogP contribution in [-0.4, -0.2) is 4.40 Å². The normalized spacial score (nSPS) is 12.6. The van der Waals surface area contributed by atoms with Crippen molar-refractivity contribution in [1.82, 2.24) is 4.40 Å². The van der Waals surface area contributed by atoms with Gasteiger partial charge in [0.15, 0.2) is 0 Å². The third kappa shape index (κ3) is 1.91. The van der Waals surface area contributed by atoms with E-state index in [0.29, 0.717) is 0 Å². The highest BCUT2D eigenvalue weighted by Crippen LogP contribution is 2.35.